The third-order valence-corrected chi connectivity index (χ3v) is 4.92. The van der Waals surface area contributed by atoms with Gasteiger partial charge in [-0.05, 0) is 19.3 Å². The minimum absolute atomic E-state index is 0.0468. The number of hydrogen-bond acceptors (Lipinski definition) is 5. The van der Waals surface area contributed by atoms with E-state index < -0.39 is 10.5 Å². The Labute approximate surface area is 127 Å². The Bertz CT molecular complexity index is 568. The van der Waals surface area contributed by atoms with Crippen molar-refractivity contribution in [3.8, 4) is 0 Å². The molecule has 0 spiro atoms. The molecule has 1 saturated heterocycles. The van der Waals surface area contributed by atoms with Gasteiger partial charge < -0.3 is 10.0 Å². The van der Waals surface area contributed by atoms with Gasteiger partial charge in [0.1, 0.15) is 11.0 Å². The van der Waals surface area contributed by atoms with Crippen LogP contribution < -0.4 is 4.90 Å². The van der Waals surface area contributed by atoms with Crippen LogP contribution in [0.2, 0.25) is 5.15 Å². The van der Waals surface area contributed by atoms with Crippen molar-refractivity contribution in [1.29, 1.82) is 0 Å². The van der Waals surface area contributed by atoms with Crippen molar-refractivity contribution in [2.24, 2.45) is 5.92 Å². The van der Waals surface area contributed by atoms with E-state index in [-0.39, 0.29) is 16.8 Å². The Morgan fingerprint density at radius 3 is 3.00 bits per heavy atom. The monoisotopic (exact) mass is 311 g/mol. The van der Waals surface area contributed by atoms with Crippen LogP contribution >= 0.6 is 11.6 Å². The van der Waals surface area contributed by atoms with Crippen LogP contribution in [-0.2, 0) is 0 Å². The van der Waals surface area contributed by atoms with Crippen LogP contribution in [-0.4, -0.2) is 33.7 Å². The van der Waals surface area contributed by atoms with Gasteiger partial charge in [-0.2, -0.15) is 0 Å². The summed E-state index contributed by atoms with van der Waals surface area (Å²) < 4.78 is 0. The van der Waals surface area contributed by atoms with Crippen LogP contribution in [0.15, 0.2) is 12.1 Å². The molecule has 1 aliphatic heterocycles. The molecule has 0 radical (unpaired) electrons. The summed E-state index contributed by atoms with van der Waals surface area (Å²) in [5.41, 5.74) is -0.617. The molecule has 0 amide bonds. The number of aromatic nitrogens is 1. The molecule has 1 aromatic rings. The summed E-state index contributed by atoms with van der Waals surface area (Å²) >= 11 is 5.89. The van der Waals surface area contributed by atoms with Crippen LogP contribution in [0, 0.1) is 16.0 Å². The molecule has 21 heavy (non-hydrogen) atoms. The van der Waals surface area contributed by atoms with Crippen molar-refractivity contribution in [1.82, 2.24) is 4.98 Å². The smallest absolute Gasteiger partial charge is 0.276 e. The third-order valence-electron chi connectivity index (χ3n) is 4.73. The standard InChI is InChI=1S/C14H18ClN3O3/c15-12-7-11(18(20)21)8-13(16-12)17-6-5-14(19)4-2-1-3-10(14)9-17/h7-8,10,19H,1-6,9H2. The lowest BCUT2D eigenvalue weighted by Gasteiger charge is -2.47. The van der Waals surface area contributed by atoms with Gasteiger partial charge in [0.2, 0.25) is 0 Å². The van der Waals surface area contributed by atoms with E-state index in [9.17, 15) is 15.2 Å². The maximum absolute atomic E-state index is 10.9. The van der Waals surface area contributed by atoms with Crippen molar-refractivity contribution < 1.29 is 10.0 Å². The molecule has 2 heterocycles. The van der Waals surface area contributed by atoms with Gasteiger partial charge in [-0.25, -0.2) is 4.98 Å². The van der Waals surface area contributed by atoms with E-state index in [1.807, 2.05) is 4.90 Å². The van der Waals surface area contributed by atoms with Gasteiger partial charge in [0.15, 0.2) is 0 Å². The van der Waals surface area contributed by atoms with Gasteiger partial charge in [0, 0.05) is 19.0 Å². The SMILES string of the molecule is O=[N+]([O-])c1cc(Cl)nc(N2CCC3(O)CCCCC3C2)c1. The highest BCUT2D eigenvalue weighted by Crippen LogP contribution is 2.41. The molecule has 0 aromatic carbocycles. The highest BCUT2D eigenvalue weighted by Gasteiger charge is 2.43. The molecule has 7 heteroatoms. The number of hydrogen-bond donors (Lipinski definition) is 1. The number of nitrogens with zero attached hydrogens (tertiary/aromatic N) is 3. The second-order valence-electron chi connectivity index (χ2n) is 6.01. The second kappa shape index (κ2) is 5.42. The lowest BCUT2D eigenvalue weighted by Crippen LogP contribution is -2.53. The quantitative estimate of drug-likeness (QED) is 0.516. The molecule has 3 rings (SSSR count). The van der Waals surface area contributed by atoms with Crippen LogP contribution in [0.3, 0.4) is 0 Å². The number of anilines is 1. The van der Waals surface area contributed by atoms with Gasteiger partial charge in [-0.15, -0.1) is 0 Å². The maximum Gasteiger partial charge on any atom is 0.276 e. The fraction of sp³-hybridized carbons (Fsp3) is 0.643. The molecule has 1 N–H and O–H groups in total. The average molecular weight is 312 g/mol. The first-order valence-corrected chi connectivity index (χ1v) is 7.65. The molecular weight excluding hydrogens is 294 g/mol. The average Bonchev–Trinajstić information content (AvgIpc) is 2.45. The summed E-state index contributed by atoms with van der Waals surface area (Å²) in [4.78, 5) is 16.7. The molecule has 1 aromatic heterocycles. The minimum atomic E-state index is -0.570. The van der Waals surface area contributed by atoms with Crippen molar-refractivity contribution >= 4 is 23.1 Å². The fourth-order valence-electron chi connectivity index (χ4n) is 3.52. The number of nitro groups is 1. The molecule has 1 saturated carbocycles. The van der Waals surface area contributed by atoms with E-state index in [1.165, 1.54) is 12.1 Å². The lowest BCUT2D eigenvalue weighted by atomic mass is 9.71. The third kappa shape index (κ3) is 2.82. The first-order valence-electron chi connectivity index (χ1n) is 7.27. The molecule has 2 fully saturated rings. The van der Waals surface area contributed by atoms with Crippen LogP contribution in [0.25, 0.3) is 0 Å². The largest absolute Gasteiger partial charge is 0.389 e. The Hall–Kier alpha value is -1.40. The van der Waals surface area contributed by atoms with Crippen LogP contribution in [0.5, 0.6) is 0 Å². The van der Waals surface area contributed by atoms with Crippen molar-refractivity contribution in [3.63, 3.8) is 0 Å². The number of pyridine rings is 1. The van der Waals surface area contributed by atoms with E-state index in [0.717, 1.165) is 25.7 Å². The van der Waals surface area contributed by atoms with E-state index in [1.54, 1.807) is 0 Å². The molecule has 0 bridgehead atoms. The predicted octanol–water partition coefficient (Wildman–Crippen LogP) is 2.77. The summed E-state index contributed by atoms with van der Waals surface area (Å²) in [5, 5.41) is 21.7. The molecule has 2 unspecified atom stereocenters. The van der Waals surface area contributed by atoms with Crippen molar-refractivity contribution in [3.05, 3.63) is 27.4 Å². The Morgan fingerprint density at radius 1 is 1.43 bits per heavy atom. The maximum atomic E-state index is 10.9. The first-order chi connectivity index (χ1) is 9.98. The molecular formula is C14H18ClN3O3. The van der Waals surface area contributed by atoms with E-state index in [4.69, 9.17) is 11.6 Å². The zero-order valence-corrected chi connectivity index (χ0v) is 12.4. The highest BCUT2D eigenvalue weighted by molar-refractivity contribution is 6.29. The summed E-state index contributed by atoms with van der Waals surface area (Å²) in [6.07, 6.45) is 4.74. The zero-order valence-electron chi connectivity index (χ0n) is 11.7. The molecule has 2 aliphatic rings. The number of fused-ring (bicyclic) bond motifs is 1. The molecule has 1 aliphatic carbocycles. The highest BCUT2D eigenvalue weighted by atomic mass is 35.5. The van der Waals surface area contributed by atoms with Crippen molar-refractivity contribution in [2.45, 2.75) is 37.7 Å². The summed E-state index contributed by atoms with van der Waals surface area (Å²) in [6.45, 7) is 1.33. The fourth-order valence-corrected chi connectivity index (χ4v) is 3.71. The van der Waals surface area contributed by atoms with Crippen LogP contribution in [0.1, 0.15) is 32.1 Å². The van der Waals surface area contributed by atoms with Gasteiger partial charge in [-0.1, -0.05) is 24.4 Å². The van der Waals surface area contributed by atoms with E-state index in [2.05, 4.69) is 4.98 Å². The summed E-state index contributed by atoms with van der Waals surface area (Å²) in [7, 11) is 0. The normalized spacial score (nSPS) is 29.0. The summed E-state index contributed by atoms with van der Waals surface area (Å²) in [5.74, 6) is 0.738. The number of piperidine rings is 1. The lowest BCUT2D eigenvalue weighted by molar-refractivity contribution is -0.384. The van der Waals surface area contributed by atoms with Crippen LogP contribution in [0.4, 0.5) is 11.5 Å². The van der Waals surface area contributed by atoms with Gasteiger partial charge in [0.05, 0.1) is 22.7 Å². The second-order valence-corrected chi connectivity index (χ2v) is 6.39. The Kier molecular flexibility index (Phi) is 3.75. The first kappa shape index (κ1) is 14.5. The van der Waals surface area contributed by atoms with Gasteiger partial charge in [-0.3, -0.25) is 10.1 Å². The van der Waals surface area contributed by atoms with Crippen molar-refractivity contribution in [2.75, 3.05) is 18.0 Å². The number of halogens is 1. The van der Waals surface area contributed by atoms with Gasteiger partial charge in [0.25, 0.3) is 5.69 Å². The molecule has 114 valence electrons. The Balaban J connectivity index is 1.83. The van der Waals surface area contributed by atoms with Gasteiger partial charge >= 0.3 is 0 Å². The summed E-state index contributed by atoms with van der Waals surface area (Å²) in [6, 6.07) is 2.71. The molecule has 6 nitrogen and oxygen atoms in total. The number of rotatable bonds is 2. The molecule has 2 atom stereocenters. The van der Waals surface area contributed by atoms with E-state index in [0.29, 0.717) is 25.3 Å². The van der Waals surface area contributed by atoms with E-state index >= 15 is 0 Å². The predicted molar refractivity (Wildman–Crippen MR) is 79.6 cm³/mol. The Morgan fingerprint density at radius 2 is 2.24 bits per heavy atom. The zero-order chi connectivity index (χ0) is 15.0. The number of aliphatic hydroxyl groups is 1. The topological polar surface area (TPSA) is 79.5 Å². The minimum Gasteiger partial charge on any atom is -0.389 e.